The Morgan fingerprint density at radius 2 is 1.96 bits per heavy atom. The maximum absolute atomic E-state index is 12.0. The Balaban J connectivity index is 1.57. The molecule has 0 saturated carbocycles. The van der Waals surface area contributed by atoms with Crippen molar-refractivity contribution in [2.75, 3.05) is 7.11 Å². The maximum Gasteiger partial charge on any atom is 0.243 e. The van der Waals surface area contributed by atoms with Crippen LogP contribution in [-0.4, -0.2) is 33.2 Å². The van der Waals surface area contributed by atoms with Crippen molar-refractivity contribution in [3.8, 4) is 17.1 Å². The van der Waals surface area contributed by atoms with Gasteiger partial charge in [0.05, 0.1) is 12.1 Å². The van der Waals surface area contributed by atoms with Gasteiger partial charge in [-0.2, -0.15) is 4.80 Å². The van der Waals surface area contributed by atoms with Crippen LogP contribution in [0.1, 0.15) is 5.56 Å². The molecular formula is C17H16ClN5O2. The van der Waals surface area contributed by atoms with Crippen LogP contribution in [0.15, 0.2) is 48.5 Å². The van der Waals surface area contributed by atoms with Gasteiger partial charge in [-0.25, -0.2) is 0 Å². The quantitative estimate of drug-likeness (QED) is 0.732. The van der Waals surface area contributed by atoms with Crippen molar-refractivity contribution in [3.63, 3.8) is 0 Å². The molecule has 0 bridgehead atoms. The van der Waals surface area contributed by atoms with Crippen LogP contribution >= 0.6 is 11.6 Å². The molecule has 0 atom stereocenters. The monoisotopic (exact) mass is 357 g/mol. The Bertz CT molecular complexity index is 863. The lowest BCUT2D eigenvalue weighted by Gasteiger charge is -2.05. The number of methoxy groups -OCH3 is 1. The third-order valence-corrected chi connectivity index (χ3v) is 3.83. The second-order valence-corrected chi connectivity index (χ2v) is 5.66. The van der Waals surface area contributed by atoms with Gasteiger partial charge in [0, 0.05) is 12.1 Å². The first kappa shape index (κ1) is 16.9. The summed E-state index contributed by atoms with van der Waals surface area (Å²) in [5, 5.41) is 15.4. The van der Waals surface area contributed by atoms with Gasteiger partial charge in [0.2, 0.25) is 11.7 Å². The second kappa shape index (κ2) is 7.76. The average Bonchev–Trinajstić information content (AvgIpc) is 3.09. The molecule has 7 nitrogen and oxygen atoms in total. The number of rotatable bonds is 6. The highest BCUT2D eigenvalue weighted by atomic mass is 35.5. The lowest BCUT2D eigenvalue weighted by Crippen LogP contribution is -2.28. The molecule has 0 saturated heterocycles. The molecule has 128 valence electrons. The molecule has 3 rings (SSSR count). The zero-order valence-corrected chi connectivity index (χ0v) is 14.3. The Labute approximate surface area is 149 Å². The number of tetrazole rings is 1. The van der Waals surface area contributed by atoms with Crippen molar-refractivity contribution in [2.24, 2.45) is 0 Å². The Hall–Kier alpha value is -2.93. The summed E-state index contributed by atoms with van der Waals surface area (Å²) in [4.78, 5) is 13.3. The van der Waals surface area contributed by atoms with Crippen LogP contribution < -0.4 is 10.1 Å². The van der Waals surface area contributed by atoms with Crippen LogP contribution in [0.4, 0.5) is 0 Å². The molecule has 25 heavy (non-hydrogen) atoms. The SMILES string of the molecule is COc1ccc(CNC(=O)Cn2nnc(-c3ccccc3Cl)n2)cc1. The molecule has 1 heterocycles. The number of hydrogen-bond donors (Lipinski definition) is 1. The first-order valence-corrected chi connectivity index (χ1v) is 7.96. The van der Waals surface area contributed by atoms with Crippen LogP contribution in [0.25, 0.3) is 11.4 Å². The minimum atomic E-state index is -0.209. The van der Waals surface area contributed by atoms with Gasteiger partial charge in [0.25, 0.3) is 0 Å². The van der Waals surface area contributed by atoms with Gasteiger partial charge in [-0.05, 0) is 35.0 Å². The Morgan fingerprint density at radius 3 is 2.68 bits per heavy atom. The van der Waals surface area contributed by atoms with E-state index < -0.39 is 0 Å². The number of hydrogen-bond acceptors (Lipinski definition) is 5. The first-order chi connectivity index (χ1) is 12.2. The number of carbonyl (C=O) groups excluding carboxylic acids is 1. The van der Waals surface area contributed by atoms with Gasteiger partial charge in [-0.15, -0.1) is 10.2 Å². The molecular weight excluding hydrogens is 342 g/mol. The molecule has 0 unspecified atom stereocenters. The fraction of sp³-hybridized carbons (Fsp3) is 0.176. The van der Waals surface area contributed by atoms with E-state index >= 15 is 0 Å². The zero-order valence-electron chi connectivity index (χ0n) is 13.5. The number of ether oxygens (including phenoxy) is 1. The van der Waals surface area contributed by atoms with Crippen LogP contribution in [0.5, 0.6) is 5.75 Å². The molecule has 8 heteroatoms. The molecule has 0 aliphatic carbocycles. The van der Waals surface area contributed by atoms with Gasteiger partial charge >= 0.3 is 0 Å². The molecule has 0 spiro atoms. The minimum Gasteiger partial charge on any atom is -0.497 e. The van der Waals surface area contributed by atoms with Gasteiger partial charge < -0.3 is 10.1 Å². The van der Waals surface area contributed by atoms with Crippen molar-refractivity contribution in [1.82, 2.24) is 25.5 Å². The van der Waals surface area contributed by atoms with E-state index in [1.165, 1.54) is 4.80 Å². The lowest BCUT2D eigenvalue weighted by atomic mass is 10.2. The zero-order chi connectivity index (χ0) is 17.6. The molecule has 3 aromatic rings. The van der Waals surface area contributed by atoms with Crippen LogP contribution in [0.3, 0.4) is 0 Å². The molecule has 1 amide bonds. The molecule has 0 aliphatic heterocycles. The summed E-state index contributed by atoms with van der Waals surface area (Å²) < 4.78 is 5.10. The van der Waals surface area contributed by atoms with Crippen molar-refractivity contribution >= 4 is 17.5 Å². The van der Waals surface area contributed by atoms with Crippen molar-refractivity contribution < 1.29 is 9.53 Å². The smallest absolute Gasteiger partial charge is 0.243 e. The predicted octanol–water partition coefficient (Wildman–Crippen LogP) is 2.32. The van der Waals surface area contributed by atoms with Crippen LogP contribution in [-0.2, 0) is 17.9 Å². The third-order valence-electron chi connectivity index (χ3n) is 3.50. The Kier molecular flexibility index (Phi) is 5.25. The number of carbonyl (C=O) groups is 1. The highest BCUT2D eigenvalue weighted by molar-refractivity contribution is 6.33. The summed E-state index contributed by atoms with van der Waals surface area (Å²) >= 11 is 6.11. The molecule has 1 N–H and O–H groups in total. The summed E-state index contributed by atoms with van der Waals surface area (Å²) in [5.74, 6) is 0.946. The van der Waals surface area contributed by atoms with Gasteiger partial charge in [0.1, 0.15) is 12.3 Å². The number of aromatic nitrogens is 4. The second-order valence-electron chi connectivity index (χ2n) is 5.25. The third kappa shape index (κ3) is 4.33. The molecule has 2 aromatic carbocycles. The van der Waals surface area contributed by atoms with E-state index in [4.69, 9.17) is 16.3 Å². The van der Waals surface area contributed by atoms with E-state index in [0.29, 0.717) is 23.0 Å². The summed E-state index contributed by atoms with van der Waals surface area (Å²) in [5.41, 5.74) is 1.64. The molecule has 0 fully saturated rings. The number of nitrogens with zero attached hydrogens (tertiary/aromatic N) is 4. The molecule has 0 radical (unpaired) electrons. The van der Waals surface area contributed by atoms with E-state index in [1.54, 1.807) is 19.2 Å². The van der Waals surface area contributed by atoms with Gasteiger partial charge in [0.15, 0.2) is 0 Å². The van der Waals surface area contributed by atoms with Crippen LogP contribution in [0.2, 0.25) is 5.02 Å². The van der Waals surface area contributed by atoms with Crippen molar-refractivity contribution in [1.29, 1.82) is 0 Å². The number of nitrogens with one attached hydrogen (secondary N) is 1. The first-order valence-electron chi connectivity index (χ1n) is 7.58. The fourth-order valence-corrected chi connectivity index (χ4v) is 2.41. The minimum absolute atomic E-state index is 0.0202. The number of halogens is 1. The van der Waals surface area contributed by atoms with Gasteiger partial charge in [-0.1, -0.05) is 35.9 Å². The average molecular weight is 358 g/mol. The predicted molar refractivity (Wildman–Crippen MR) is 93.1 cm³/mol. The van der Waals surface area contributed by atoms with E-state index in [1.807, 2.05) is 36.4 Å². The highest BCUT2D eigenvalue weighted by Gasteiger charge is 2.11. The fourth-order valence-electron chi connectivity index (χ4n) is 2.19. The number of amides is 1. The van der Waals surface area contributed by atoms with E-state index in [0.717, 1.165) is 11.3 Å². The molecule has 1 aromatic heterocycles. The summed E-state index contributed by atoms with van der Waals surface area (Å²) in [6.45, 7) is 0.391. The van der Waals surface area contributed by atoms with Crippen molar-refractivity contribution in [3.05, 3.63) is 59.1 Å². The summed E-state index contributed by atoms with van der Waals surface area (Å²) in [6.07, 6.45) is 0. The Morgan fingerprint density at radius 1 is 1.20 bits per heavy atom. The normalized spacial score (nSPS) is 10.5. The lowest BCUT2D eigenvalue weighted by molar-refractivity contribution is -0.122. The number of benzene rings is 2. The van der Waals surface area contributed by atoms with Gasteiger partial charge in [-0.3, -0.25) is 4.79 Å². The van der Waals surface area contributed by atoms with E-state index in [-0.39, 0.29) is 12.5 Å². The topological polar surface area (TPSA) is 81.9 Å². The largest absolute Gasteiger partial charge is 0.497 e. The maximum atomic E-state index is 12.0. The van der Waals surface area contributed by atoms with Crippen molar-refractivity contribution in [2.45, 2.75) is 13.1 Å². The summed E-state index contributed by atoms with van der Waals surface area (Å²) in [6, 6.07) is 14.7. The van der Waals surface area contributed by atoms with E-state index in [9.17, 15) is 4.79 Å². The highest BCUT2D eigenvalue weighted by Crippen LogP contribution is 2.23. The summed E-state index contributed by atoms with van der Waals surface area (Å²) in [7, 11) is 1.61. The standard InChI is InChI=1S/C17H16ClN5O2/c1-25-13-8-6-12(7-9-13)10-19-16(24)11-23-21-17(20-22-23)14-4-2-3-5-15(14)18/h2-9H,10-11H2,1H3,(H,19,24). The van der Waals surface area contributed by atoms with E-state index in [2.05, 4.69) is 20.7 Å². The molecule has 0 aliphatic rings. The van der Waals surface area contributed by atoms with Crippen LogP contribution in [0, 0.1) is 0 Å².